The van der Waals surface area contributed by atoms with Crippen LogP contribution in [0.5, 0.6) is 0 Å². The molecule has 3 heteroatoms. The Balaban J connectivity index is 2.23. The largest absolute Gasteiger partial charge is 0.396 e. The maximum Gasteiger partial charge on any atom is 0.0474 e. The molecule has 2 unspecified atom stereocenters. The van der Waals surface area contributed by atoms with Crippen LogP contribution in [0.1, 0.15) is 13.3 Å². The van der Waals surface area contributed by atoms with Gasteiger partial charge in [-0.2, -0.15) is 0 Å². The highest BCUT2D eigenvalue weighted by Gasteiger charge is 2.27. The molecular weight excluding hydrogens is 154 g/mol. The predicted molar refractivity (Wildman–Crippen MR) is 47.9 cm³/mol. The maximum atomic E-state index is 9.00. The Hall–Kier alpha value is -0.120. The zero-order valence-corrected chi connectivity index (χ0v) is 7.74. The Morgan fingerprint density at radius 2 is 2.08 bits per heavy atom. The van der Waals surface area contributed by atoms with Gasteiger partial charge in [0, 0.05) is 32.8 Å². The number of nitrogens with zero attached hydrogens (tertiary/aromatic N) is 1. The van der Waals surface area contributed by atoms with Gasteiger partial charge in [0.05, 0.1) is 0 Å². The fourth-order valence-electron chi connectivity index (χ4n) is 1.86. The molecule has 0 aromatic rings. The predicted octanol–water partition coefficient (Wildman–Crippen LogP) is -0.0710. The molecule has 2 N–H and O–H groups in total. The summed E-state index contributed by atoms with van der Waals surface area (Å²) in [4.78, 5) is 2.32. The molecule has 0 aliphatic carbocycles. The van der Waals surface area contributed by atoms with Gasteiger partial charge in [-0.25, -0.2) is 0 Å². The van der Waals surface area contributed by atoms with Gasteiger partial charge < -0.3 is 15.1 Å². The van der Waals surface area contributed by atoms with Crippen LogP contribution in [0.2, 0.25) is 0 Å². The van der Waals surface area contributed by atoms with E-state index in [0.717, 1.165) is 26.1 Å². The third-order valence-electron chi connectivity index (χ3n) is 2.71. The molecule has 1 rings (SSSR count). The highest BCUT2D eigenvalue weighted by Crippen LogP contribution is 2.21. The summed E-state index contributed by atoms with van der Waals surface area (Å²) in [5, 5.41) is 17.6. The van der Waals surface area contributed by atoms with Crippen LogP contribution in [0, 0.1) is 11.8 Å². The van der Waals surface area contributed by atoms with Crippen LogP contribution in [-0.2, 0) is 0 Å². The summed E-state index contributed by atoms with van der Waals surface area (Å²) in [5.74, 6) is 1.05. The molecular formula is C9H19NO2. The zero-order chi connectivity index (χ0) is 8.97. The number of aliphatic hydroxyl groups excluding tert-OH is 2. The molecule has 1 fully saturated rings. The van der Waals surface area contributed by atoms with Gasteiger partial charge in [-0.05, 0) is 18.3 Å². The standard InChI is InChI=1S/C9H19NO2/c1-8-5-10(3-2-4-11)6-9(8)7-12/h8-9,11-12H,2-7H2,1H3. The van der Waals surface area contributed by atoms with E-state index in [1.165, 1.54) is 0 Å². The third kappa shape index (κ3) is 2.44. The van der Waals surface area contributed by atoms with Gasteiger partial charge in [0.15, 0.2) is 0 Å². The van der Waals surface area contributed by atoms with Crippen LogP contribution in [0.25, 0.3) is 0 Å². The first-order valence-electron chi connectivity index (χ1n) is 4.72. The quantitative estimate of drug-likeness (QED) is 0.625. The van der Waals surface area contributed by atoms with Crippen molar-refractivity contribution in [3.63, 3.8) is 0 Å². The summed E-state index contributed by atoms with van der Waals surface area (Å²) in [6.45, 7) is 5.80. The molecule has 1 heterocycles. The lowest BCUT2D eigenvalue weighted by molar-refractivity contribution is 0.202. The highest BCUT2D eigenvalue weighted by molar-refractivity contribution is 4.80. The van der Waals surface area contributed by atoms with Gasteiger partial charge in [0.1, 0.15) is 0 Å². The summed E-state index contributed by atoms with van der Waals surface area (Å²) < 4.78 is 0. The first-order valence-corrected chi connectivity index (χ1v) is 4.72. The van der Waals surface area contributed by atoms with E-state index in [1.807, 2.05) is 0 Å². The second-order valence-corrected chi connectivity index (χ2v) is 3.76. The fraction of sp³-hybridized carbons (Fsp3) is 1.00. The second-order valence-electron chi connectivity index (χ2n) is 3.76. The van der Waals surface area contributed by atoms with E-state index in [1.54, 1.807) is 0 Å². The Kier molecular flexibility index (Phi) is 3.98. The minimum atomic E-state index is 0.272. The number of hydrogen-bond donors (Lipinski definition) is 2. The van der Waals surface area contributed by atoms with Crippen molar-refractivity contribution in [2.24, 2.45) is 11.8 Å². The van der Waals surface area contributed by atoms with E-state index in [4.69, 9.17) is 10.2 Å². The van der Waals surface area contributed by atoms with E-state index in [9.17, 15) is 0 Å². The molecule has 0 aromatic carbocycles. The average molecular weight is 173 g/mol. The van der Waals surface area contributed by atoms with Crippen LogP contribution < -0.4 is 0 Å². The minimum absolute atomic E-state index is 0.272. The van der Waals surface area contributed by atoms with E-state index >= 15 is 0 Å². The third-order valence-corrected chi connectivity index (χ3v) is 2.71. The Morgan fingerprint density at radius 1 is 1.33 bits per heavy atom. The zero-order valence-electron chi connectivity index (χ0n) is 7.74. The topological polar surface area (TPSA) is 43.7 Å². The smallest absolute Gasteiger partial charge is 0.0474 e. The van der Waals surface area contributed by atoms with Crippen LogP contribution >= 0.6 is 0 Å². The van der Waals surface area contributed by atoms with E-state index in [-0.39, 0.29) is 6.61 Å². The molecule has 72 valence electrons. The summed E-state index contributed by atoms with van der Waals surface area (Å²) in [5.41, 5.74) is 0. The lowest BCUT2D eigenvalue weighted by atomic mass is 10.00. The van der Waals surface area contributed by atoms with Crippen molar-refractivity contribution < 1.29 is 10.2 Å². The van der Waals surface area contributed by atoms with Crippen molar-refractivity contribution in [2.45, 2.75) is 13.3 Å². The number of likely N-dealkylation sites (tertiary alicyclic amines) is 1. The Morgan fingerprint density at radius 3 is 2.58 bits per heavy atom. The van der Waals surface area contributed by atoms with Crippen LogP contribution in [-0.4, -0.2) is 48.0 Å². The molecule has 0 radical (unpaired) electrons. The van der Waals surface area contributed by atoms with Crippen LogP contribution in [0.4, 0.5) is 0 Å². The molecule has 0 amide bonds. The molecule has 12 heavy (non-hydrogen) atoms. The summed E-state index contributed by atoms with van der Waals surface area (Å²) in [6, 6.07) is 0. The molecule has 0 spiro atoms. The van der Waals surface area contributed by atoms with Gasteiger partial charge in [0.25, 0.3) is 0 Å². The lowest BCUT2D eigenvalue weighted by Gasteiger charge is -2.13. The number of aliphatic hydroxyl groups is 2. The van der Waals surface area contributed by atoms with E-state index < -0.39 is 0 Å². The first kappa shape index (κ1) is 9.96. The first-order chi connectivity index (χ1) is 5.77. The molecule has 1 saturated heterocycles. The van der Waals surface area contributed by atoms with E-state index in [0.29, 0.717) is 18.4 Å². The van der Waals surface area contributed by atoms with Crippen molar-refractivity contribution in [3.05, 3.63) is 0 Å². The molecule has 1 aliphatic heterocycles. The summed E-state index contributed by atoms with van der Waals surface area (Å²) in [7, 11) is 0. The molecule has 1 aliphatic rings. The number of rotatable bonds is 4. The van der Waals surface area contributed by atoms with Crippen LogP contribution in [0.3, 0.4) is 0 Å². The van der Waals surface area contributed by atoms with Crippen molar-refractivity contribution in [3.8, 4) is 0 Å². The van der Waals surface area contributed by atoms with Gasteiger partial charge in [-0.3, -0.25) is 0 Å². The van der Waals surface area contributed by atoms with E-state index in [2.05, 4.69) is 11.8 Å². The Labute approximate surface area is 74.0 Å². The van der Waals surface area contributed by atoms with Gasteiger partial charge >= 0.3 is 0 Å². The number of hydrogen-bond acceptors (Lipinski definition) is 3. The monoisotopic (exact) mass is 173 g/mol. The highest BCUT2D eigenvalue weighted by atomic mass is 16.3. The SMILES string of the molecule is CC1CN(CCCO)CC1CO. The molecule has 0 saturated carbocycles. The fourth-order valence-corrected chi connectivity index (χ4v) is 1.86. The van der Waals surface area contributed by atoms with Crippen molar-refractivity contribution in [1.29, 1.82) is 0 Å². The second kappa shape index (κ2) is 4.80. The van der Waals surface area contributed by atoms with Crippen LogP contribution in [0.15, 0.2) is 0 Å². The Bertz CT molecular complexity index is 130. The summed E-state index contributed by atoms with van der Waals surface area (Å²) in [6.07, 6.45) is 0.852. The lowest BCUT2D eigenvalue weighted by Crippen LogP contribution is -2.23. The van der Waals surface area contributed by atoms with Gasteiger partial charge in [-0.1, -0.05) is 6.92 Å². The molecule has 0 aromatic heterocycles. The molecule has 0 bridgehead atoms. The van der Waals surface area contributed by atoms with Crippen molar-refractivity contribution >= 4 is 0 Å². The average Bonchev–Trinajstić information content (AvgIpc) is 2.43. The minimum Gasteiger partial charge on any atom is -0.396 e. The van der Waals surface area contributed by atoms with Gasteiger partial charge in [-0.15, -0.1) is 0 Å². The molecule has 3 nitrogen and oxygen atoms in total. The maximum absolute atomic E-state index is 9.00. The molecule has 2 atom stereocenters. The van der Waals surface area contributed by atoms with Crippen molar-refractivity contribution in [1.82, 2.24) is 4.90 Å². The normalized spacial score (nSPS) is 31.2. The van der Waals surface area contributed by atoms with Gasteiger partial charge in [0.2, 0.25) is 0 Å². The summed E-state index contributed by atoms with van der Waals surface area (Å²) >= 11 is 0. The van der Waals surface area contributed by atoms with Crippen molar-refractivity contribution in [2.75, 3.05) is 32.8 Å².